The summed E-state index contributed by atoms with van der Waals surface area (Å²) >= 11 is 0. The Morgan fingerprint density at radius 2 is 1.97 bits per heavy atom. The molecule has 5 nitrogen and oxygen atoms in total. The Morgan fingerprint density at radius 1 is 1.10 bits per heavy atom. The highest BCUT2D eigenvalue weighted by atomic mass is 16.1. The number of carbonyl (C=O) groups excluding carboxylic acids is 1. The van der Waals surface area contributed by atoms with Crippen LogP contribution in [0.25, 0.3) is 11.0 Å². The number of amides is 1. The molecule has 0 saturated carbocycles. The van der Waals surface area contributed by atoms with Gasteiger partial charge in [-0.3, -0.25) is 9.78 Å². The van der Waals surface area contributed by atoms with E-state index in [1.165, 1.54) is 5.56 Å². The van der Waals surface area contributed by atoms with Crippen LogP contribution in [-0.2, 0) is 11.3 Å². The molecule has 0 radical (unpaired) electrons. The standard InChI is InChI=1S/C24H24N4O/c1-17-9-10-20(18(2)14-17)24(19-6-5-12-25-15-19)27-23(29)11-13-28-16-26-21-7-3-4-8-22(21)28/h3-10,12,14-16,24H,11,13H2,1-2H3,(H,27,29). The van der Waals surface area contributed by atoms with Gasteiger partial charge in [0, 0.05) is 25.4 Å². The number of rotatable bonds is 6. The van der Waals surface area contributed by atoms with E-state index in [2.05, 4.69) is 47.3 Å². The van der Waals surface area contributed by atoms with Crippen molar-refractivity contribution in [1.29, 1.82) is 0 Å². The third-order valence-electron chi connectivity index (χ3n) is 5.17. The summed E-state index contributed by atoms with van der Waals surface area (Å²) in [6.45, 7) is 4.73. The minimum absolute atomic E-state index is 0.00314. The van der Waals surface area contributed by atoms with Crippen LogP contribution in [0.5, 0.6) is 0 Å². The maximum Gasteiger partial charge on any atom is 0.222 e. The zero-order chi connectivity index (χ0) is 20.2. The van der Waals surface area contributed by atoms with Crippen LogP contribution >= 0.6 is 0 Å². The van der Waals surface area contributed by atoms with E-state index in [0.29, 0.717) is 13.0 Å². The lowest BCUT2D eigenvalue weighted by molar-refractivity contribution is -0.121. The first-order chi connectivity index (χ1) is 14.1. The van der Waals surface area contributed by atoms with Gasteiger partial charge in [-0.15, -0.1) is 0 Å². The predicted molar refractivity (Wildman–Crippen MR) is 114 cm³/mol. The normalized spacial score (nSPS) is 12.1. The Bertz CT molecular complexity index is 1130. The van der Waals surface area contributed by atoms with E-state index >= 15 is 0 Å². The van der Waals surface area contributed by atoms with E-state index in [-0.39, 0.29) is 11.9 Å². The van der Waals surface area contributed by atoms with Gasteiger partial charge in [-0.1, -0.05) is 42.0 Å². The average molecular weight is 384 g/mol. The number of aromatic nitrogens is 3. The molecular formula is C24H24N4O. The summed E-state index contributed by atoms with van der Waals surface area (Å²) < 4.78 is 2.02. The number of hydrogen-bond acceptors (Lipinski definition) is 3. The summed E-state index contributed by atoms with van der Waals surface area (Å²) in [5.41, 5.74) is 6.40. The molecule has 0 aliphatic carbocycles. The van der Waals surface area contributed by atoms with Gasteiger partial charge in [-0.2, -0.15) is 0 Å². The van der Waals surface area contributed by atoms with Crippen LogP contribution in [-0.4, -0.2) is 20.4 Å². The van der Waals surface area contributed by atoms with E-state index in [0.717, 1.165) is 27.7 Å². The maximum absolute atomic E-state index is 12.8. The highest BCUT2D eigenvalue weighted by molar-refractivity contribution is 5.78. The SMILES string of the molecule is Cc1ccc(C(NC(=O)CCn2cnc3ccccc32)c2cccnc2)c(C)c1. The van der Waals surface area contributed by atoms with Gasteiger partial charge in [0.1, 0.15) is 0 Å². The van der Waals surface area contributed by atoms with Gasteiger partial charge in [0.25, 0.3) is 0 Å². The van der Waals surface area contributed by atoms with Gasteiger partial charge in [-0.25, -0.2) is 4.98 Å². The molecule has 2 aromatic heterocycles. The van der Waals surface area contributed by atoms with Crippen molar-refractivity contribution in [3.05, 3.63) is 95.6 Å². The topological polar surface area (TPSA) is 59.8 Å². The highest BCUT2D eigenvalue weighted by Crippen LogP contribution is 2.25. The molecule has 0 fully saturated rings. The molecule has 146 valence electrons. The maximum atomic E-state index is 12.8. The number of benzene rings is 2. The zero-order valence-corrected chi connectivity index (χ0v) is 16.7. The molecule has 1 amide bonds. The lowest BCUT2D eigenvalue weighted by Crippen LogP contribution is -2.30. The van der Waals surface area contributed by atoms with Crippen molar-refractivity contribution < 1.29 is 4.79 Å². The molecule has 5 heteroatoms. The van der Waals surface area contributed by atoms with Crippen LogP contribution in [0, 0.1) is 13.8 Å². The molecule has 1 atom stereocenters. The second kappa shape index (κ2) is 8.27. The molecule has 0 aliphatic rings. The van der Waals surface area contributed by atoms with Crippen molar-refractivity contribution >= 4 is 16.9 Å². The van der Waals surface area contributed by atoms with Crippen LogP contribution < -0.4 is 5.32 Å². The van der Waals surface area contributed by atoms with E-state index in [1.807, 2.05) is 47.2 Å². The lowest BCUT2D eigenvalue weighted by Gasteiger charge is -2.22. The number of para-hydroxylation sites is 2. The Morgan fingerprint density at radius 3 is 2.76 bits per heavy atom. The van der Waals surface area contributed by atoms with Crippen LogP contribution in [0.2, 0.25) is 0 Å². The van der Waals surface area contributed by atoms with Gasteiger partial charge in [0.2, 0.25) is 5.91 Å². The third-order valence-corrected chi connectivity index (χ3v) is 5.17. The van der Waals surface area contributed by atoms with Gasteiger partial charge in [-0.05, 0) is 48.7 Å². The van der Waals surface area contributed by atoms with Crippen molar-refractivity contribution in [2.75, 3.05) is 0 Å². The molecule has 1 N–H and O–H groups in total. The molecule has 29 heavy (non-hydrogen) atoms. The van der Waals surface area contributed by atoms with E-state index in [1.54, 1.807) is 12.5 Å². The minimum atomic E-state index is -0.226. The summed E-state index contributed by atoms with van der Waals surface area (Å²) in [6.07, 6.45) is 5.73. The van der Waals surface area contributed by atoms with Crippen molar-refractivity contribution in [3.8, 4) is 0 Å². The molecule has 0 spiro atoms. The second-order valence-corrected chi connectivity index (χ2v) is 7.32. The number of nitrogens with one attached hydrogen (secondary N) is 1. The number of fused-ring (bicyclic) bond motifs is 1. The third kappa shape index (κ3) is 4.19. The highest BCUT2D eigenvalue weighted by Gasteiger charge is 2.19. The fourth-order valence-electron chi connectivity index (χ4n) is 3.68. The van der Waals surface area contributed by atoms with Crippen molar-refractivity contribution in [3.63, 3.8) is 0 Å². The first-order valence-electron chi connectivity index (χ1n) is 9.78. The summed E-state index contributed by atoms with van der Waals surface area (Å²) in [5.74, 6) is -0.00314. The van der Waals surface area contributed by atoms with Crippen LogP contribution in [0.3, 0.4) is 0 Å². The number of carbonyl (C=O) groups is 1. The molecular weight excluding hydrogens is 360 g/mol. The van der Waals surface area contributed by atoms with Crippen molar-refractivity contribution in [2.24, 2.45) is 0 Å². The summed E-state index contributed by atoms with van der Waals surface area (Å²) in [6, 6.07) is 17.9. The molecule has 2 heterocycles. The average Bonchev–Trinajstić information content (AvgIpc) is 3.15. The summed E-state index contributed by atoms with van der Waals surface area (Å²) in [7, 11) is 0. The fourth-order valence-corrected chi connectivity index (χ4v) is 3.68. The van der Waals surface area contributed by atoms with E-state index in [4.69, 9.17) is 0 Å². The van der Waals surface area contributed by atoms with Crippen LogP contribution in [0.15, 0.2) is 73.3 Å². The summed E-state index contributed by atoms with van der Waals surface area (Å²) in [5, 5.41) is 3.21. The van der Waals surface area contributed by atoms with Gasteiger partial charge < -0.3 is 9.88 Å². The van der Waals surface area contributed by atoms with Crippen molar-refractivity contribution in [1.82, 2.24) is 19.9 Å². The zero-order valence-electron chi connectivity index (χ0n) is 16.7. The smallest absolute Gasteiger partial charge is 0.222 e. The predicted octanol–water partition coefficient (Wildman–Crippen LogP) is 4.34. The van der Waals surface area contributed by atoms with E-state index < -0.39 is 0 Å². The molecule has 0 aliphatic heterocycles. The Balaban J connectivity index is 1.53. The molecule has 4 rings (SSSR count). The number of imidazole rings is 1. The lowest BCUT2D eigenvalue weighted by atomic mass is 9.94. The largest absolute Gasteiger partial charge is 0.345 e. The van der Waals surface area contributed by atoms with Crippen molar-refractivity contribution in [2.45, 2.75) is 32.9 Å². The number of aryl methyl sites for hydroxylation is 3. The molecule has 1 unspecified atom stereocenters. The van der Waals surface area contributed by atoms with Crippen LogP contribution in [0.1, 0.15) is 34.7 Å². The number of pyridine rings is 1. The quantitative estimate of drug-likeness (QED) is 0.538. The molecule has 4 aromatic rings. The van der Waals surface area contributed by atoms with Gasteiger partial charge in [0.15, 0.2) is 0 Å². The monoisotopic (exact) mass is 384 g/mol. The first-order valence-corrected chi connectivity index (χ1v) is 9.78. The van der Waals surface area contributed by atoms with E-state index in [9.17, 15) is 4.79 Å². The Kier molecular flexibility index (Phi) is 5.38. The Labute approximate surface area is 170 Å². The number of nitrogens with zero attached hydrogens (tertiary/aromatic N) is 3. The molecule has 2 aromatic carbocycles. The Hall–Kier alpha value is -3.47. The van der Waals surface area contributed by atoms with Crippen LogP contribution in [0.4, 0.5) is 0 Å². The minimum Gasteiger partial charge on any atom is -0.345 e. The van der Waals surface area contributed by atoms with Gasteiger partial charge >= 0.3 is 0 Å². The molecule has 0 bridgehead atoms. The molecule has 0 saturated heterocycles. The second-order valence-electron chi connectivity index (χ2n) is 7.32. The van der Waals surface area contributed by atoms with Gasteiger partial charge in [0.05, 0.1) is 23.4 Å². The summed E-state index contributed by atoms with van der Waals surface area (Å²) in [4.78, 5) is 21.5. The number of hydrogen-bond donors (Lipinski definition) is 1. The fraction of sp³-hybridized carbons (Fsp3) is 0.208. The first kappa shape index (κ1) is 18.9.